The van der Waals surface area contributed by atoms with Gasteiger partial charge in [0.2, 0.25) is 6.10 Å². The number of hydrogen-bond acceptors (Lipinski definition) is 5. The first-order chi connectivity index (χ1) is 11.4. The van der Waals surface area contributed by atoms with Gasteiger partial charge in [-0.2, -0.15) is 0 Å². The molecule has 3 rings (SSSR count). The molecule has 0 radical (unpaired) electrons. The van der Waals surface area contributed by atoms with Gasteiger partial charge in [-0.3, -0.25) is 4.31 Å². The summed E-state index contributed by atoms with van der Waals surface area (Å²) in [5.41, 5.74) is 0.383. The highest BCUT2D eigenvalue weighted by atomic mass is 79.9. The molecular weight excluding hydrogens is 398 g/mol. The average Bonchev–Trinajstić information content (AvgIpc) is 2.60. The lowest BCUT2D eigenvalue weighted by Crippen LogP contribution is -2.47. The summed E-state index contributed by atoms with van der Waals surface area (Å²) in [7, 11) is -2.65. The number of ether oxygens (including phenoxy) is 2. The molecule has 0 unspecified atom stereocenters. The van der Waals surface area contributed by atoms with Crippen LogP contribution in [0.15, 0.2) is 57.9 Å². The summed E-state index contributed by atoms with van der Waals surface area (Å²) in [6, 6.07) is 13.2. The summed E-state index contributed by atoms with van der Waals surface area (Å²) in [6.45, 7) is -0.159. The highest BCUT2D eigenvalue weighted by molar-refractivity contribution is 9.10. The third-order valence-electron chi connectivity index (χ3n) is 3.60. The highest BCUT2D eigenvalue weighted by Gasteiger charge is 2.38. The van der Waals surface area contributed by atoms with Gasteiger partial charge in [0.25, 0.3) is 10.0 Å². The fourth-order valence-corrected chi connectivity index (χ4v) is 4.90. The number of rotatable bonds is 3. The van der Waals surface area contributed by atoms with Crippen LogP contribution in [0, 0.1) is 0 Å². The predicted molar refractivity (Wildman–Crippen MR) is 91.5 cm³/mol. The van der Waals surface area contributed by atoms with Crippen LogP contribution < -0.4 is 9.04 Å². The molecule has 0 aromatic heterocycles. The number of sulfonamides is 1. The molecular formula is C16H14BrNO5S. The van der Waals surface area contributed by atoms with Crippen molar-refractivity contribution >= 4 is 37.6 Å². The average molecular weight is 412 g/mol. The lowest BCUT2D eigenvalue weighted by molar-refractivity contribution is -0.148. The van der Waals surface area contributed by atoms with Gasteiger partial charge in [0.15, 0.2) is 0 Å². The quantitative estimate of drug-likeness (QED) is 0.725. The Kier molecular flexibility index (Phi) is 4.51. The molecule has 1 aliphatic heterocycles. The lowest BCUT2D eigenvalue weighted by Gasteiger charge is -2.34. The number of fused-ring (bicyclic) bond motifs is 1. The van der Waals surface area contributed by atoms with Crippen LogP contribution in [-0.2, 0) is 19.6 Å². The number of halogens is 1. The van der Waals surface area contributed by atoms with Crippen LogP contribution in [0.4, 0.5) is 5.69 Å². The van der Waals surface area contributed by atoms with Crippen LogP contribution in [0.3, 0.4) is 0 Å². The highest BCUT2D eigenvalue weighted by Crippen LogP contribution is 2.38. The fourth-order valence-electron chi connectivity index (χ4n) is 2.46. The van der Waals surface area contributed by atoms with Gasteiger partial charge in [-0.1, -0.05) is 24.3 Å². The summed E-state index contributed by atoms with van der Waals surface area (Å²) in [6.07, 6.45) is -1.03. The minimum atomic E-state index is -3.88. The first-order valence-electron chi connectivity index (χ1n) is 7.06. The second-order valence-corrected chi connectivity index (χ2v) is 7.75. The molecule has 0 spiro atoms. The fraction of sp³-hybridized carbons (Fsp3) is 0.188. The Morgan fingerprint density at radius 3 is 2.58 bits per heavy atom. The van der Waals surface area contributed by atoms with Crippen LogP contribution in [0.2, 0.25) is 0 Å². The molecule has 0 amide bonds. The summed E-state index contributed by atoms with van der Waals surface area (Å²) in [5.74, 6) is -0.313. The third kappa shape index (κ3) is 2.87. The minimum Gasteiger partial charge on any atom is -0.475 e. The van der Waals surface area contributed by atoms with E-state index in [0.717, 1.165) is 0 Å². The van der Waals surface area contributed by atoms with Crippen molar-refractivity contribution in [3.05, 3.63) is 53.0 Å². The van der Waals surface area contributed by atoms with Crippen LogP contribution in [0.1, 0.15) is 0 Å². The molecule has 0 bridgehead atoms. The lowest BCUT2D eigenvalue weighted by atomic mass is 10.2. The Morgan fingerprint density at radius 2 is 1.88 bits per heavy atom. The van der Waals surface area contributed by atoms with Crippen LogP contribution in [0.25, 0.3) is 0 Å². The molecule has 0 saturated heterocycles. The molecule has 0 fully saturated rings. The largest absolute Gasteiger partial charge is 0.475 e. The van der Waals surface area contributed by atoms with E-state index in [9.17, 15) is 13.2 Å². The zero-order chi connectivity index (χ0) is 17.3. The molecule has 8 heteroatoms. The van der Waals surface area contributed by atoms with Crippen molar-refractivity contribution in [2.24, 2.45) is 0 Å². The topological polar surface area (TPSA) is 72.9 Å². The number of hydrogen-bond donors (Lipinski definition) is 0. The maximum Gasteiger partial charge on any atom is 0.348 e. The summed E-state index contributed by atoms with van der Waals surface area (Å²) in [4.78, 5) is 12.0. The number of methoxy groups -OCH3 is 1. The van der Waals surface area contributed by atoms with Crippen molar-refractivity contribution in [2.45, 2.75) is 11.0 Å². The van der Waals surface area contributed by atoms with Gasteiger partial charge in [0.1, 0.15) is 10.6 Å². The summed E-state index contributed by atoms with van der Waals surface area (Å²) >= 11 is 3.27. The molecule has 6 nitrogen and oxygen atoms in total. The maximum absolute atomic E-state index is 13.1. The van der Waals surface area contributed by atoms with Gasteiger partial charge in [-0.25, -0.2) is 13.2 Å². The van der Waals surface area contributed by atoms with E-state index in [4.69, 9.17) is 9.47 Å². The molecule has 1 aliphatic rings. The number of carbonyl (C=O) groups excluding carboxylic acids is 1. The van der Waals surface area contributed by atoms with E-state index in [0.29, 0.717) is 15.9 Å². The molecule has 24 heavy (non-hydrogen) atoms. The predicted octanol–water partition coefficient (Wildman–Crippen LogP) is 2.58. The van der Waals surface area contributed by atoms with E-state index < -0.39 is 22.1 Å². The molecule has 126 valence electrons. The molecule has 1 heterocycles. The zero-order valence-electron chi connectivity index (χ0n) is 12.7. The van der Waals surface area contributed by atoms with Crippen LogP contribution >= 0.6 is 15.9 Å². The number of carbonyl (C=O) groups is 1. The SMILES string of the molecule is COC(=O)[C@H]1CN(S(=O)(=O)c2ccccc2Br)c2ccccc2O1. The third-order valence-corrected chi connectivity index (χ3v) is 6.40. The van der Waals surface area contributed by atoms with E-state index in [1.165, 1.54) is 17.5 Å². The van der Waals surface area contributed by atoms with E-state index in [1.807, 2.05) is 0 Å². The minimum absolute atomic E-state index is 0.116. The molecule has 0 aliphatic carbocycles. The molecule has 0 N–H and O–H groups in total. The monoisotopic (exact) mass is 411 g/mol. The number of nitrogens with zero attached hydrogens (tertiary/aromatic N) is 1. The Bertz CT molecular complexity index is 884. The standard InChI is InChI=1S/C16H14BrNO5S/c1-22-16(19)14-10-18(12-7-3-4-8-13(12)23-14)24(20,21)15-9-5-2-6-11(15)17/h2-9,14H,10H2,1H3/t14-/m1/s1. The number of para-hydroxylation sites is 2. The molecule has 2 aromatic rings. The Balaban J connectivity index is 2.12. The van der Waals surface area contributed by atoms with Crippen molar-refractivity contribution in [1.82, 2.24) is 0 Å². The molecule has 1 atom stereocenters. The Morgan fingerprint density at radius 1 is 1.21 bits per heavy atom. The summed E-state index contributed by atoms with van der Waals surface area (Å²) < 4.78 is 38.1. The van der Waals surface area contributed by atoms with E-state index in [-0.39, 0.29) is 11.4 Å². The maximum atomic E-state index is 13.1. The van der Waals surface area contributed by atoms with E-state index >= 15 is 0 Å². The first-order valence-corrected chi connectivity index (χ1v) is 9.29. The van der Waals surface area contributed by atoms with E-state index in [1.54, 1.807) is 42.5 Å². The van der Waals surface area contributed by atoms with Crippen molar-refractivity contribution in [3.8, 4) is 5.75 Å². The van der Waals surface area contributed by atoms with Crippen molar-refractivity contribution in [1.29, 1.82) is 0 Å². The summed E-state index contributed by atoms with van der Waals surface area (Å²) in [5, 5.41) is 0. The number of esters is 1. The molecule has 2 aromatic carbocycles. The van der Waals surface area contributed by atoms with Gasteiger partial charge < -0.3 is 9.47 Å². The molecule has 0 saturated carbocycles. The second-order valence-electron chi connectivity index (χ2n) is 5.06. The number of benzene rings is 2. The first kappa shape index (κ1) is 16.8. The van der Waals surface area contributed by atoms with Gasteiger partial charge in [0.05, 0.1) is 19.3 Å². The van der Waals surface area contributed by atoms with E-state index in [2.05, 4.69) is 15.9 Å². The van der Waals surface area contributed by atoms with Gasteiger partial charge in [-0.15, -0.1) is 0 Å². The zero-order valence-corrected chi connectivity index (χ0v) is 15.1. The van der Waals surface area contributed by atoms with Crippen molar-refractivity contribution < 1.29 is 22.7 Å². The van der Waals surface area contributed by atoms with Crippen LogP contribution in [0.5, 0.6) is 5.75 Å². The van der Waals surface area contributed by atoms with Crippen molar-refractivity contribution in [3.63, 3.8) is 0 Å². The van der Waals surface area contributed by atoms with Gasteiger partial charge >= 0.3 is 5.97 Å². The Hall–Kier alpha value is -2.06. The van der Waals surface area contributed by atoms with Crippen molar-refractivity contribution in [2.75, 3.05) is 18.0 Å². The smallest absolute Gasteiger partial charge is 0.348 e. The second kappa shape index (κ2) is 6.45. The number of anilines is 1. The van der Waals surface area contributed by atoms with Crippen LogP contribution in [-0.4, -0.2) is 34.1 Å². The van der Waals surface area contributed by atoms with Gasteiger partial charge in [-0.05, 0) is 40.2 Å². The Labute approximate surface area is 148 Å². The van der Waals surface area contributed by atoms with Gasteiger partial charge in [0, 0.05) is 4.47 Å². The normalized spacial score (nSPS) is 16.9.